The van der Waals surface area contributed by atoms with Crippen LogP contribution in [0.15, 0.2) is 23.1 Å². The van der Waals surface area contributed by atoms with Crippen LogP contribution in [0.5, 0.6) is 11.5 Å². The number of benzene rings is 1. The van der Waals surface area contributed by atoms with Gasteiger partial charge in [-0.1, -0.05) is 30.0 Å². The lowest BCUT2D eigenvalue weighted by Gasteiger charge is -2.13. The highest BCUT2D eigenvalue weighted by molar-refractivity contribution is 8.26. The summed E-state index contributed by atoms with van der Waals surface area (Å²) < 4.78 is 16.3. The Bertz CT molecular complexity index is 748. The third kappa shape index (κ3) is 5.71. The van der Waals surface area contributed by atoms with Gasteiger partial charge < -0.3 is 14.2 Å². The number of amides is 1. The summed E-state index contributed by atoms with van der Waals surface area (Å²) in [6, 6.07) is 5.55. The van der Waals surface area contributed by atoms with Crippen molar-refractivity contribution in [2.75, 3.05) is 26.9 Å². The van der Waals surface area contributed by atoms with E-state index in [2.05, 4.69) is 4.74 Å². The summed E-state index contributed by atoms with van der Waals surface area (Å²) in [7, 11) is 1.35. The van der Waals surface area contributed by atoms with Crippen molar-refractivity contribution in [2.45, 2.75) is 26.7 Å². The number of thioether (sulfide) groups is 1. The molecule has 0 atom stereocenters. The van der Waals surface area contributed by atoms with E-state index in [4.69, 9.17) is 21.7 Å². The van der Waals surface area contributed by atoms with Crippen molar-refractivity contribution in [3.05, 3.63) is 28.7 Å². The molecule has 1 aliphatic heterocycles. The molecule has 0 spiro atoms. The topological polar surface area (TPSA) is 65.1 Å². The van der Waals surface area contributed by atoms with E-state index in [9.17, 15) is 9.59 Å². The van der Waals surface area contributed by atoms with E-state index >= 15 is 0 Å². The van der Waals surface area contributed by atoms with Gasteiger partial charge in [-0.2, -0.15) is 0 Å². The molecule has 6 nitrogen and oxygen atoms in total. The van der Waals surface area contributed by atoms with E-state index < -0.39 is 0 Å². The maximum atomic E-state index is 12.6. The van der Waals surface area contributed by atoms with Crippen molar-refractivity contribution in [2.24, 2.45) is 0 Å². The minimum absolute atomic E-state index is 0.151. The molecule has 146 valence electrons. The summed E-state index contributed by atoms with van der Waals surface area (Å²) in [6.07, 6.45) is 2.55. The Labute approximate surface area is 168 Å². The molecule has 1 heterocycles. The minimum Gasteiger partial charge on any atom is -0.490 e. The number of rotatable bonds is 9. The van der Waals surface area contributed by atoms with Gasteiger partial charge in [0, 0.05) is 13.0 Å². The lowest BCUT2D eigenvalue weighted by molar-refractivity contribution is -0.141. The maximum absolute atomic E-state index is 12.6. The number of methoxy groups -OCH3 is 1. The van der Waals surface area contributed by atoms with Gasteiger partial charge in [0.1, 0.15) is 4.32 Å². The van der Waals surface area contributed by atoms with E-state index in [1.807, 2.05) is 32.0 Å². The Morgan fingerprint density at radius 2 is 1.93 bits per heavy atom. The molecule has 1 amide bonds. The van der Waals surface area contributed by atoms with Crippen LogP contribution in [0, 0.1) is 0 Å². The van der Waals surface area contributed by atoms with Crippen LogP contribution in [-0.2, 0) is 14.3 Å². The number of carbonyl (C=O) groups excluding carboxylic acids is 2. The molecule has 8 heteroatoms. The first-order valence-electron chi connectivity index (χ1n) is 8.72. The van der Waals surface area contributed by atoms with Gasteiger partial charge in [0.05, 0.1) is 25.2 Å². The van der Waals surface area contributed by atoms with E-state index in [1.165, 1.54) is 23.8 Å². The monoisotopic (exact) mass is 409 g/mol. The van der Waals surface area contributed by atoms with E-state index in [-0.39, 0.29) is 18.3 Å². The molecule has 27 heavy (non-hydrogen) atoms. The molecule has 2 rings (SSSR count). The fourth-order valence-corrected chi connectivity index (χ4v) is 3.79. The highest BCUT2D eigenvalue weighted by Gasteiger charge is 2.31. The van der Waals surface area contributed by atoms with Gasteiger partial charge in [-0.05, 0) is 44.0 Å². The number of carbonyl (C=O) groups is 2. The summed E-state index contributed by atoms with van der Waals surface area (Å²) in [5.41, 5.74) is 0.831. The SMILES string of the molecule is CCOc1ccc(/C=C2\SC(=S)N(CCCC(=O)OC)C2=O)cc1OCC. The zero-order chi connectivity index (χ0) is 19.8. The molecule has 1 saturated heterocycles. The van der Waals surface area contributed by atoms with Crippen molar-refractivity contribution < 1.29 is 23.8 Å². The Balaban J connectivity index is 2.12. The van der Waals surface area contributed by atoms with Gasteiger partial charge in [-0.25, -0.2) is 0 Å². The van der Waals surface area contributed by atoms with Crippen molar-refractivity contribution in [3.8, 4) is 11.5 Å². The van der Waals surface area contributed by atoms with E-state index in [1.54, 1.807) is 6.08 Å². The fourth-order valence-electron chi connectivity index (χ4n) is 2.49. The molecular weight excluding hydrogens is 386 g/mol. The number of hydrogen-bond donors (Lipinski definition) is 0. The summed E-state index contributed by atoms with van der Waals surface area (Å²) in [4.78, 5) is 25.9. The van der Waals surface area contributed by atoms with Crippen LogP contribution >= 0.6 is 24.0 Å². The zero-order valence-corrected chi connectivity index (χ0v) is 17.3. The third-order valence-electron chi connectivity index (χ3n) is 3.73. The average molecular weight is 410 g/mol. The van der Waals surface area contributed by atoms with Gasteiger partial charge in [0.25, 0.3) is 5.91 Å². The highest BCUT2D eigenvalue weighted by atomic mass is 32.2. The number of esters is 1. The van der Waals surface area contributed by atoms with Crippen LogP contribution in [-0.4, -0.2) is 48.0 Å². The number of thiocarbonyl (C=S) groups is 1. The second-order valence-electron chi connectivity index (χ2n) is 5.59. The molecule has 1 fully saturated rings. The second kappa shape index (κ2) is 10.3. The number of nitrogens with zero attached hydrogens (tertiary/aromatic N) is 1. The van der Waals surface area contributed by atoms with Gasteiger partial charge in [-0.15, -0.1) is 0 Å². The quantitative estimate of drug-likeness (QED) is 0.350. The normalized spacial score (nSPS) is 15.4. The second-order valence-corrected chi connectivity index (χ2v) is 7.26. The van der Waals surface area contributed by atoms with Crippen molar-refractivity contribution in [3.63, 3.8) is 0 Å². The summed E-state index contributed by atoms with van der Waals surface area (Å²) in [5, 5.41) is 0. The lowest BCUT2D eigenvalue weighted by Crippen LogP contribution is -2.29. The molecule has 0 saturated carbocycles. The minimum atomic E-state index is -0.297. The third-order valence-corrected chi connectivity index (χ3v) is 5.11. The number of ether oxygens (including phenoxy) is 3. The van der Waals surface area contributed by atoms with Crippen molar-refractivity contribution in [1.82, 2.24) is 4.90 Å². The van der Waals surface area contributed by atoms with Crippen LogP contribution in [0.3, 0.4) is 0 Å². The van der Waals surface area contributed by atoms with Crippen LogP contribution in [0.25, 0.3) is 6.08 Å². The van der Waals surface area contributed by atoms with Gasteiger partial charge in [0.2, 0.25) is 0 Å². The van der Waals surface area contributed by atoms with Crippen LogP contribution in [0.1, 0.15) is 32.3 Å². The summed E-state index contributed by atoms with van der Waals surface area (Å²) in [6.45, 7) is 5.27. The number of hydrogen-bond acceptors (Lipinski definition) is 7. The Morgan fingerprint density at radius 1 is 1.22 bits per heavy atom. The molecule has 0 bridgehead atoms. The van der Waals surface area contributed by atoms with Gasteiger partial charge in [-0.3, -0.25) is 14.5 Å². The molecule has 0 radical (unpaired) electrons. The molecule has 0 aromatic heterocycles. The Hall–Kier alpha value is -2.06. The van der Waals surface area contributed by atoms with Gasteiger partial charge >= 0.3 is 5.97 Å². The van der Waals surface area contributed by atoms with Crippen molar-refractivity contribution in [1.29, 1.82) is 0 Å². The summed E-state index contributed by atoms with van der Waals surface area (Å²) in [5.74, 6) is 0.865. The highest BCUT2D eigenvalue weighted by Crippen LogP contribution is 2.35. The first-order chi connectivity index (χ1) is 13.0. The molecule has 1 aromatic rings. The van der Waals surface area contributed by atoms with Crippen LogP contribution < -0.4 is 9.47 Å². The maximum Gasteiger partial charge on any atom is 0.305 e. The molecule has 1 aliphatic rings. The first-order valence-corrected chi connectivity index (χ1v) is 9.94. The Morgan fingerprint density at radius 3 is 2.59 bits per heavy atom. The summed E-state index contributed by atoms with van der Waals surface area (Å²) >= 11 is 6.56. The predicted molar refractivity (Wildman–Crippen MR) is 110 cm³/mol. The molecule has 0 N–H and O–H groups in total. The Kier molecular flexibility index (Phi) is 8.12. The fraction of sp³-hybridized carbons (Fsp3) is 0.421. The van der Waals surface area contributed by atoms with E-state index in [0.717, 1.165) is 5.56 Å². The molecular formula is C19H23NO5S2. The lowest BCUT2D eigenvalue weighted by atomic mass is 10.2. The molecule has 0 aliphatic carbocycles. The standard InChI is InChI=1S/C19H23NO5S2/c1-4-24-14-9-8-13(11-15(14)25-5-2)12-16-18(22)20(19(26)27-16)10-6-7-17(21)23-3/h8-9,11-12H,4-7,10H2,1-3H3/b16-12-. The van der Waals surface area contributed by atoms with Crippen LogP contribution in [0.4, 0.5) is 0 Å². The first kappa shape index (κ1) is 21.2. The largest absolute Gasteiger partial charge is 0.490 e. The average Bonchev–Trinajstić information content (AvgIpc) is 2.91. The van der Waals surface area contributed by atoms with Gasteiger partial charge in [0.15, 0.2) is 11.5 Å². The van der Waals surface area contributed by atoms with Crippen LogP contribution in [0.2, 0.25) is 0 Å². The molecule has 0 unspecified atom stereocenters. The predicted octanol–water partition coefficient (Wildman–Crippen LogP) is 3.64. The van der Waals surface area contributed by atoms with E-state index in [0.29, 0.717) is 46.9 Å². The van der Waals surface area contributed by atoms with Crippen molar-refractivity contribution >= 4 is 46.3 Å². The molecule has 1 aromatic carbocycles. The smallest absolute Gasteiger partial charge is 0.305 e. The zero-order valence-electron chi connectivity index (χ0n) is 15.6.